The van der Waals surface area contributed by atoms with E-state index in [1.54, 1.807) is 0 Å². The predicted molar refractivity (Wildman–Crippen MR) is 66.0 cm³/mol. The lowest BCUT2D eigenvalue weighted by molar-refractivity contribution is -0.115. The van der Waals surface area contributed by atoms with E-state index in [0.29, 0.717) is 0 Å². The Labute approximate surface area is 118 Å². The van der Waals surface area contributed by atoms with Crippen LogP contribution in [-0.2, 0) is 14.8 Å². The number of sulfonamides is 1. The molecule has 0 aliphatic carbocycles. The van der Waals surface area contributed by atoms with Crippen molar-refractivity contribution in [3.63, 3.8) is 0 Å². The quantitative estimate of drug-likeness (QED) is 0.813. The number of halogens is 3. The number of H-pyrrole nitrogens is 1. The lowest BCUT2D eigenvalue weighted by atomic mass is 10.3. The number of morpholine rings is 1. The number of aromatic nitrogens is 3. The number of nitrogens with zero attached hydrogens (tertiary/aromatic N) is 3. The zero-order valence-corrected chi connectivity index (χ0v) is 11.8. The van der Waals surface area contributed by atoms with E-state index in [4.69, 9.17) is 4.74 Å². The smallest absolute Gasteiger partial charge is 0.367 e. The minimum atomic E-state index is -4.38. The van der Waals surface area contributed by atoms with Gasteiger partial charge in [-0.25, -0.2) is 8.42 Å². The molecular weight excluding hydrogens is 315 g/mol. The fourth-order valence-corrected chi connectivity index (χ4v) is 2.58. The number of alkyl halides is 3. The predicted octanol–water partition coefficient (Wildman–Crippen LogP) is 0.112. The lowest BCUT2D eigenvalue weighted by Gasteiger charge is -2.29. The Balaban J connectivity index is 2.00. The second kappa shape index (κ2) is 5.77. The largest absolute Gasteiger partial charge is 0.405 e. The van der Waals surface area contributed by atoms with Crippen LogP contribution in [0.1, 0.15) is 11.9 Å². The summed E-state index contributed by atoms with van der Waals surface area (Å²) in [4.78, 5) is 3.83. The van der Waals surface area contributed by atoms with Crippen LogP contribution in [0.5, 0.6) is 0 Å². The first kappa shape index (κ1) is 16.0. The highest BCUT2D eigenvalue weighted by atomic mass is 32.2. The normalized spacial score (nSPS) is 21.4. The fraction of sp³-hybridized carbons (Fsp3) is 0.778. The molecule has 8 nitrogen and oxygen atoms in total. The fourth-order valence-electron chi connectivity index (χ4n) is 1.77. The van der Waals surface area contributed by atoms with Gasteiger partial charge in [0.25, 0.3) is 0 Å². The Morgan fingerprint density at radius 2 is 2.24 bits per heavy atom. The van der Waals surface area contributed by atoms with Gasteiger partial charge in [-0.1, -0.05) is 0 Å². The Bertz CT molecular complexity index is 588. The summed E-state index contributed by atoms with van der Waals surface area (Å²) < 4.78 is 65.7. The molecule has 0 spiro atoms. The van der Waals surface area contributed by atoms with Gasteiger partial charge in [-0.05, 0) is 0 Å². The molecule has 1 fully saturated rings. The maximum Gasteiger partial charge on any atom is 0.405 e. The first-order valence-corrected chi connectivity index (χ1v) is 7.79. The molecule has 2 heterocycles. The number of hydrogen-bond acceptors (Lipinski definition) is 6. The van der Waals surface area contributed by atoms with E-state index in [2.05, 4.69) is 15.2 Å². The molecule has 120 valence electrons. The van der Waals surface area contributed by atoms with E-state index in [1.165, 1.54) is 4.31 Å². The summed E-state index contributed by atoms with van der Waals surface area (Å²) >= 11 is 0. The lowest BCUT2D eigenvalue weighted by Crippen LogP contribution is -2.41. The summed E-state index contributed by atoms with van der Waals surface area (Å²) in [5.41, 5.74) is 0. The third kappa shape index (κ3) is 4.54. The minimum absolute atomic E-state index is 0.0345. The Morgan fingerprint density at radius 3 is 2.86 bits per heavy atom. The van der Waals surface area contributed by atoms with Crippen molar-refractivity contribution in [1.82, 2.24) is 19.5 Å². The van der Waals surface area contributed by atoms with Crippen LogP contribution in [0.15, 0.2) is 0 Å². The maximum absolute atomic E-state index is 12.1. The van der Waals surface area contributed by atoms with Crippen LogP contribution in [0, 0.1) is 0 Å². The van der Waals surface area contributed by atoms with Gasteiger partial charge in [0.05, 0.1) is 12.9 Å². The van der Waals surface area contributed by atoms with Crippen molar-refractivity contribution in [2.45, 2.75) is 12.3 Å². The molecule has 0 bridgehead atoms. The zero-order valence-electron chi connectivity index (χ0n) is 11.0. The Kier molecular flexibility index (Phi) is 4.39. The molecule has 1 atom stereocenters. The van der Waals surface area contributed by atoms with Crippen molar-refractivity contribution in [2.75, 3.05) is 37.8 Å². The second-order valence-electron chi connectivity index (χ2n) is 4.49. The number of rotatable bonds is 4. The summed E-state index contributed by atoms with van der Waals surface area (Å²) in [7, 11) is -3.36. The molecule has 12 heteroatoms. The third-order valence-corrected chi connectivity index (χ3v) is 4.02. The number of hydrogen-bond donors (Lipinski definition) is 2. The maximum atomic E-state index is 12.1. The van der Waals surface area contributed by atoms with Crippen molar-refractivity contribution >= 4 is 16.0 Å². The second-order valence-corrected chi connectivity index (χ2v) is 6.48. The van der Waals surface area contributed by atoms with Gasteiger partial charge < -0.3 is 10.1 Å². The molecular formula is C9H14F3N5O3S. The van der Waals surface area contributed by atoms with E-state index in [1.807, 2.05) is 5.32 Å². The summed E-state index contributed by atoms with van der Waals surface area (Å²) in [5.74, 6) is -0.0459. The molecule has 1 saturated heterocycles. The van der Waals surface area contributed by atoms with Crippen LogP contribution in [0.2, 0.25) is 0 Å². The minimum Gasteiger partial charge on any atom is -0.367 e. The van der Waals surface area contributed by atoms with E-state index >= 15 is 0 Å². The van der Waals surface area contributed by atoms with Crippen LogP contribution in [-0.4, -0.2) is 66.6 Å². The van der Waals surface area contributed by atoms with Gasteiger partial charge in [-0.3, -0.25) is 5.10 Å². The van der Waals surface area contributed by atoms with E-state index in [9.17, 15) is 21.6 Å². The highest BCUT2D eigenvalue weighted by molar-refractivity contribution is 7.88. The van der Waals surface area contributed by atoms with Crippen molar-refractivity contribution in [3.05, 3.63) is 5.82 Å². The summed E-state index contributed by atoms with van der Waals surface area (Å²) in [6.07, 6.45) is -4.00. The van der Waals surface area contributed by atoms with E-state index in [-0.39, 0.29) is 31.5 Å². The number of anilines is 1. The summed E-state index contributed by atoms with van der Waals surface area (Å²) in [6.45, 7) is -0.829. The van der Waals surface area contributed by atoms with Gasteiger partial charge >= 0.3 is 6.18 Å². The topological polar surface area (TPSA) is 100 Å². The molecule has 1 aliphatic heterocycles. The monoisotopic (exact) mass is 329 g/mol. The van der Waals surface area contributed by atoms with E-state index in [0.717, 1.165) is 6.26 Å². The molecule has 0 aromatic carbocycles. The van der Waals surface area contributed by atoms with Crippen LogP contribution >= 0.6 is 0 Å². The summed E-state index contributed by atoms with van der Waals surface area (Å²) in [5, 5.41) is 8.05. The molecule has 1 unspecified atom stereocenters. The van der Waals surface area contributed by atoms with Crippen LogP contribution < -0.4 is 5.32 Å². The first-order valence-electron chi connectivity index (χ1n) is 5.95. The zero-order chi connectivity index (χ0) is 15.7. The van der Waals surface area contributed by atoms with Gasteiger partial charge in [-0.15, -0.1) is 5.10 Å². The molecule has 1 aromatic rings. The Hall–Kier alpha value is -1.40. The van der Waals surface area contributed by atoms with Crippen LogP contribution in [0.4, 0.5) is 19.1 Å². The highest BCUT2D eigenvalue weighted by Gasteiger charge is 2.30. The summed E-state index contributed by atoms with van der Waals surface area (Å²) in [6, 6.07) is 0. The molecule has 2 rings (SSSR count). The van der Waals surface area contributed by atoms with Crippen molar-refractivity contribution in [1.29, 1.82) is 0 Å². The molecule has 0 radical (unpaired) electrons. The number of nitrogens with one attached hydrogen (secondary N) is 2. The molecule has 2 N–H and O–H groups in total. The van der Waals surface area contributed by atoms with Crippen molar-refractivity contribution in [3.8, 4) is 0 Å². The van der Waals surface area contributed by atoms with Gasteiger partial charge in [0.2, 0.25) is 16.0 Å². The van der Waals surface area contributed by atoms with Crippen LogP contribution in [0.25, 0.3) is 0 Å². The van der Waals surface area contributed by atoms with Crippen molar-refractivity contribution in [2.24, 2.45) is 0 Å². The number of ether oxygens (including phenoxy) is 1. The Morgan fingerprint density at radius 1 is 1.52 bits per heavy atom. The molecule has 0 saturated carbocycles. The average Bonchev–Trinajstić information content (AvgIpc) is 2.83. The molecule has 21 heavy (non-hydrogen) atoms. The average molecular weight is 329 g/mol. The SMILES string of the molecule is CS(=O)(=O)N1CCOC(c2nc(NCC(F)(F)F)n[nH]2)C1. The molecule has 1 aliphatic rings. The molecule has 1 aromatic heterocycles. The van der Waals surface area contributed by atoms with Gasteiger partial charge in [0, 0.05) is 13.1 Å². The van der Waals surface area contributed by atoms with Gasteiger partial charge in [0.1, 0.15) is 12.6 Å². The first-order chi connectivity index (χ1) is 9.65. The highest BCUT2D eigenvalue weighted by Crippen LogP contribution is 2.22. The number of aromatic amines is 1. The third-order valence-electron chi connectivity index (χ3n) is 2.75. The van der Waals surface area contributed by atoms with Gasteiger partial charge in [-0.2, -0.15) is 22.5 Å². The standard InChI is InChI=1S/C9H14F3N5O3S/c1-21(18,19)17-2-3-20-6(4-17)7-14-8(16-15-7)13-5-9(10,11)12/h6H,2-5H2,1H3,(H2,13,14,15,16). The van der Waals surface area contributed by atoms with Crippen LogP contribution in [0.3, 0.4) is 0 Å². The van der Waals surface area contributed by atoms with Crippen molar-refractivity contribution < 1.29 is 26.3 Å². The van der Waals surface area contributed by atoms with E-state index < -0.39 is 28.8 Å². The molecule has 0 amide bonds. The van der Waals surface area contributed by atoms with Gasteiger partial charge in [0.15, 0.2) is 5.82 Å².